The second kappa shape index (κ2) is 7.06. The number of urea groups is 1. The van der Waals surface area contributed by atoms with Crippen LogP contribution in [0, 0.1) is 0 Å². The first-order valence-corrected chi connectivity index (χ1v) is 8.65. The number of benzene rings is 1. The smallest absolute Gasteiger partial charge is 0.322 e. The molecule has 23 heavy (non-hydrogen) atoms. The Labute approximate surface area is 139 Å². The third kappa shape index (κ3) is 3.35. The van der Waals surface area contributed by atoms with Crippen molar-refractivity contribution in [2.24, 2.45) is 0 Å². The zero-order valence-electron chi connectivity index (χ0n) is 13.0. The number of aliphatic hydroxyl groups is 1. The topological polar surface area (TPSA) is 81.2 Å². The van der Waals surface area contributed by atoms with Gasteiger partial charge < -0.3 is 15.3 Å². The fourth-order valence-corrected chi connectivity index (χ4v) is 3.46. The molecule has 3 N–H and O–H groups in total. The second-order valence-corrected chi connectivity index (χ2v) is 6.62. The quantitative estimate of drug-likeness (QED) is 0.752. The number of aromatic nitrogens is 2. The number of H-pyrrole nitrogens is 1. The van der Waals surface area contributed by atoms with Crippen molar-refractivity contribution >= 4 is 23.5 Å². The van der Waals surface area contributed by atoms with Crippen LogP contribution in [0.2, 0.25) is 0 Å². The van der Waals surface area contributed by atoms with E-state index in [9.17, 15) is 9.90 Å². The van der Waals surface area contributed by atoms with E-state index in [1.165, 1.54) is 0 Å². The minimum Gasteiger partial charge on any atom is -0.390 e. The lowest BCUT2D eigenvalue weighted by Crippen LogP contribution is -2.39. The van der Waals surface area contributed by atoms with Gasteiger partial charge in [0.25, 0.3) is 0 Å². The number of anilines is 1. The maximum absolute atomic E-state index is 12.6. The van der Waals surface area contributed by atoms with Crippen LogP contribution in [0.1, 0.15) is 23.9 Å². The third-order valence-corrected chi connectivity index (χ3v) is 4.84. The van der Waals surface area contributed by atoms with E-state index < -0.39 is 0 Å². The van der Waals surface area contributed by atoms with Crippen molar-refractivity contribution in [1.82, 2.24) is 15.1 Å². The standard InChI is InChI=1S/C16H20N4O2S/c1-2-23-15-6-4-3-5-13(15)17-16(22)20-8-7-12-11(9-20)14(10-21)19-18-12/h3-6,21H,2,7-10H2,1H3,(H,17,22)(H,18,19). The van der Waals surface area contributed by atoms with Crippen LogP contribution in [-0.2, 0) is 19.6 Å². The zero-order valence-corrected chi connectivity index (χ0v) is 13.8. The van der Waals surface area contributed by atoms with Crippen LogP contribution in [0.25, 0.3) is 0 Å². The van der Waals surface area contributed by atoms with E-state index in [4.69, 9.17) is 0 Å². The van der Waals surface area contributed by atoms with Gasteiger partial charge in [-0.25, -0.2) is 4.79 Å². The number of rotatable bonds is 4. The Hall–Kier alpha value is -1.99. The van der Waals surface area contributed by atoms with Gasteiger partial charge in [-0.15, -0.1) is 11.8 Å². The largest absolute Gasteiger partial charge is 0.390 e. The fourth-order valence-electron chi connectivity index (χ4n) is 2.70. The number of carbonyl (C=O) groups excluding carboxylic acids is 1. The van der Waals surface area contributed by atoms with Crippen molar-refractivity contribution in [2.45, 2.75) is 31.4 Å². The normalized spacial score (nSPS) is 13.7. The summed E-state index contributed by atoms with van der Waals surface area (Å²) in [5.41, 5.74) is 3.41. The van der Waals surface area contributed by atoms with Crippen LogP contribution < -0.4 is 5.32 Å². The van der Waals surface area contributed by atoms with E-state index >= 15 is 0 Å². The number of carbonyl (C=O) groups is 1. The molecule has 0 radical (unpaired) electrons. The first-order chi connectivity index (χ1) is 11.2. The molecule has 0 fully saturated rings. The van der Waals surface area contributed by atoms with Crippen molar-refractivity contribution in [2.75, 3.05) is 17.6 Å². The molecule has 0 aliphatic carbocycles. The van der Waals surface area contributed by atoms with Crippen LogP contribution >= 0.6 is 11.8 Å². The molecule has 1 aliphatic rings. The number of thioether (sulfide) groups is 1. The van der Waals surface area contributed by atoms with Crippen molar-refractivity contribution in [1.29, 1.82) is 0 Å². The highest BCUT2D eigenvalue weighted by molar-refractivity contribution is 7.99. The Morgan fingerprint density at radius 3 is 3.09 bits per heavy atom. The summed E-state index contributed by atoms with van der Waals surface area (Å²) in [7, 11) is 0. The number of nitrogens with zero attached hydrogens (tertiary/aromatic N) is 2. The van der Waals surface area contributed by atoms with E-state index in [-0.39, 0.29) is 12.6 Å². The van der Waals surface area contributed by atoms with Gasteiger partial charge in [-0.05, 0) is 17.9 Å². The number of aromatic amines is 1. The molecular weight excluding hydrogens is 312 g/mol. The highest BCUT2D eigenvalue weighted by Gasteiger charge is 2.25. The molecule has 6 nitrogen and oxygen atoms in total. The number of para-hydroxylation sites is 1. The van der Waals surface area contributed by atoms with Crippen molar-refractivity contribution in [3.8, 4) is 0 Å². The molecule has 7 heteroatoms. The zero-order chi connectivity index (χ0) is 16.2. The third-order valence-electron chi connectivity index (χ3n) is 3.88. The lowest BCUT2D eigenvalue weighted by Gasteiger charge is -2.27. The molecular formula is C16H20N4O2S. The fraction of sp³-hybridized carbons (Fsp3) is 0.375. The van der Waals surface area contributed by atoms with E-state index in [1.54, 1.807) is 16.7 Å². The molecule has 0 saturated heterocycles. The monoisotopic (exact) mass is 332 g/mol. The van der Waals surface area contributed by atoms with Gasteiger partial charge >= 0.3 is 6.03 Å². The van der Waals surface area contributed by atoms with Crippen LogP contribution in [-0.4, -0.2) is 38.5 Å². The number of nitrogens with one attached hydrogen (secondary N) is 2. The van der Waals surface area contributed by atoms with Crippen molar-refractivity contribution < 1.29 is 9.90 Å². The molecule has 2 aromatic rings. The SMILES string of the molecule is CCSc1ccccc1NC(=O)N1CCc2[nH]nc(CO)c2C1. The maximum Gasteiger partial charge on any atom is 0.322 e. The summed E-state index contributed by atoms with van der Waals surface area (Å²) in [4.78, 5) is 15.4. The highest BCUT2D eigenvalue weighted by Crippen LogP contribution is 2.27. The average molecular weight is 332 g/mol. The molecule has 0 atom stereocenters. The van der Waals surface area contributed by atoms with Gasteiger partial charge in [0.1, 0.15) is 0 Å². The van der Waals surface area contributed by atoms with Gasteiger partial charge in [0, 0.05) is 29.1 Å². The summed E-state index contributed by atoms with van der Waals surface area (Å²) in [5, 5.41) is 19.4. The molecule has 3 rings (SSSR count). The first kappa shape index (κ1) is 15.9. The van der Waals surface area contributed by atoms with Gasteiger partial charge in [-0.1, -0.05) is 19.1 Å². The predicted molar refractivity (Wildman–Crippen MR) is 90.5 cm³/mol. The Bertz CT molecular complexity index is 688. The van der Waals surface area contributed by atoms with Crippen LogP contribution in [0.3, 0.4) is 0 Å². The van der Waals surface area contributed by atoms with Crippen LogP contribution in [0.4, 0.5) is 10.5 Å². The molecule has 2 heterocycles. The van der Waals surface area contributed by atoms with Gasteiger partial charge in [0.2, 0.25) is 0 Å². The molecule has 1 aromatic carbocycles. The Balaban J connectivity index is 1.72. The minimum atomic E-state index is -0.120. The van der Waals surface area contributed by atoms with E-state index in [2.05, 4.69) is 22.4 Å². The second-order valence-electron chi connectivity index (χ2n) is 5.32. The Morgan fingerprint density at radius 1 is 1.48 bits per heavy atom. The summed E-state index contributed by atoms with van der Waals surface area (Å²) >= 11 is 1.71. The van der Waals surface area contributed by atoms with Gasteiger partial charge in [0.15, 0.2) is 0 Å². The number of amides is 2. The lowest BCUT2D eigenvalue weighted by molar-refractivity contribution is 0.205. The number of hydrogen-bond donors (Lipinski definition) is 3. The average Bonchev–Trinajstić information content (AvgIpc) is 2.99. The number of aliphatic hydroxyl groups excluding tert-OH is 1. The van der Waals surface area contributed by atoms with Gasteiger partial charge in [-0.2, -0.15) is 5.10 Å². The molecule has 0 bridgehead atoms. The predicted octanol–water partition coefficient (Wildman–Crippen LogP) is 2.60. The summed E-state index contributed by atoms with van der Waals surface area (Å²) < 4.78 is 0. The molecule has 0 saturated carbocycles. The summed E-state index contributed by atoms with van der Waals surface area (Å²) in [6, 6.07) is 7.70. The van der Waals surface area contributed by atoms with Crippen LogP contribution in [0.15, 0.2) is 29.2 Å². The Kier molecular flexibility index (Phi) is 4.88. The highest BCUT2D eigenvalue weighted by atomic mass is 32.2. The molecule has 0 spiro atoms. The molecule has 0 unspecified atom stereocenters. The lowest BCUT2D eigenvalue weighted by atomic mass is 10.1. The number of hydrogen-bond acceptors (Lipinski definition) is 4. The van der Waals surface area contributed by atoms with E-state index in [0.717, 1.165) is 34.0 Å². The van der Waals surface area contributed by atoms with E-state index in [0.29, 0.717) is 18.8 Å². The first-order valence-electron chi connectivity index (χ1n) is 7.66. The van der Waals surface area contributed by atoms with Gasteiger partial charge in [0.05, 0.1) is 24.5 Å². The van der Waals surface area contributed by atoms with Crippen LogP contribution in [0.5, 0.6) is 0 Å². The Morgan fingerprint density at radius 2 is 2.30 bits per heavy atom. The minimum absolute atomic E-state index is 0.114. The van der Waals surface area contributed by atoms with Crippen molar-refractivity contribution in [3.05, 3.63) is 41.2 Å². The maximum atomic E-state index is 12.6. The summed E-state index contributed by atoms with van der Waals surface area (Å²) in [6.07, 6.45) is 0.723. The summed E-state index contributed by atoms with van der Waals surface area (Å²) in [5.74, 6) is 0.953. The number of fused-ring (bicyclic) bond motifs is 1. The summed E-state index contributed by atoms with van der Waals surface area (Å²) in [6.45, 7) is 3.08. The van der Waals surface area contributed by atoms with E-state index in [1.807, 2.05) is 24.3 Å². The molecule has 122 valence electrons. The van der Waals surface area contributed by atoms with Gasteiger partial charge in [-0.3, -0.25) is 5.10 Å². The van der Waals surface area contributed by atoms with Crippen molar-refractivity contribution in [3.63, 3.8) is 0 Å². The molecule has 1 aromatic heterocycles. The molecule has 2 amide bonds. The molecule has 1 aliphatic heterocycles.